The predicted molar refractivity (Wildman–Crippen MR) is 94.0 cm³/mol. The number of hydrogen-bond acceptors (Lipinski definition) is 4. The number of carbonyl (C=O) groups excluding carboxylic acids is 1. The first-order valence-electron chi connectivity index (χ1n) is 8.41. The Hall–Kier alpha value is -2.28. The van der Waals surface area contributed by atoms with Crippen molar-refractivity contribution in [3.8, 4) is 5.75 Å². The number of hydrogen-bond donors (Lipinski definition) is 2. The molecule has 1 aliphatic heterocycles. The Morgan fingerprint density at radius 3 is 2.72 bits per heavy atom. The van der Waals surface area contributed by atoms with Gasteiger partial charge in [0.25, 0.3) is 0 Å². The third kappa shape index (κ3) is 5.35. The average Bonchev–Trinajstić information content (AvgIpc) is 2.56. The lowest BCUT2D eigenvalue weighted by Crippen LogP contribution is -2.47. The maximum Gasteiger partial charge on any atom is 0.321 e. The molecule has 1 heterocycles. The fourth-order valence-electron chi connectivity index (χ4n) is 3.00. The van der Waals surface area contributed by atoms with Crippen LogP contribution in [-0.2, 0) is 9.53 Å². The highest BCUT2D eigenvalue weighted by Crippen LogP contribution is 2.25. The fourth-order valence-corrected chi connectivity index (χ4v) is 3.00. The van der Waals surface area contributed by atoms with Crippen LogP contribution in [0.1, 0.15) is 18.9 Å². The molecule has 0 bridgehead atoms. The highest BCUT2D eigenvalue weighted by molar-refractivity contribution is 5.90. The topological polar surface area (TPSA) is 88.1 Å². The molecule has 0 aliphatic carbocycles. The number of urea groups is 1. The first kappa shape index (κ1) is 19.1. The van der Waals surface area contributed by atoms with Crippen molar-refractivity contribution in [2.24, 2.45) is 11.8 Å². The Morgan fingerprint density at radius 2 is 2.08 bits per heavy atom. The standard InChI is InChI=1S/C18H26N2O5/c1-12-8-14(17(21)22)11-20(10-12)18(23)19-16-5-4-15(9-13(16)2)25-7-6-24-3/h4-5,9,12,14H,6-8,10-11H2,1-3H3,(H,19,23)(H,21,22). The first-order chi connectivity index (χ1) is 11.9. The van der Waals surface area contributed by atoms with E-state index in [-0.39, 0.29) is 18.5 Å². The van der Waals surface area contributed by atoms with Crippen LogP contribution in [0, 0.1) is 18.8 Å². The van der Waals surface area contributed by atoms with Crippen LogP contribution in [0.15, 0.2) is 18.2 Å². The molecule has 1 aromatic carbocycles. The summed E-state index contributed by atoms with van der Waals surface area (Å²) < 4.78 is 10.5. The highest BCUT2D eigenvalue weighted by atomic mass is 16.5. The smallest absolute Gasteiger partial charge is 0.321 e. The minimum atomic E-state index is -0.849. The number of amides is 2. The Balaban J connectivity index is 1.98. The van der Waals surface area contributed by atoms with Gasteiger partial charge in [-0.25, -0.2) is 4.79 Å². The van der Waals surface area contributed by atoms with Gasteiger partial charge in [-0.15, -0.1) is 0 Å². The van der Waals surface area contributed by atoms with E-state index in [0.717, 1.165) is 5.56 Å². The maximum atomic E-state index is 12.5. The molecule has 7 heteroatoms. The van der Waals surface area contributed by atoms with E-state index in [1.807, 2.05) is 19.9 Å². The zero-order valence-corrected chi connectivity index (χ0v) is 14.9. The first-order valence-corrected chi connectivity index (χ1v) is 8.41. The molecule has 1 saturated heterocycles. The second kappa shape index (κ2) is 8.71. The number of ether oxygens (including phenoxy) is 2. The van der Waals surface area contributed by atoms with Gasteiger partial charge in [0.15, 0.2) is 0 Å². The molecule has 138 valence electrons. The summed E-state index contributed by atoms with van der Waals surface area (Å²) in [5.74, 6) is -0.478. The van der Waals surface area contributed by atoms with E-state index in [4.69, 9.17) is 9.47 Å². The molecule has 2 rings (SSSR count). The van der Waals surface area contributed by atoms with Crippen LogP contribution in [0.2, 0.25) is 0 Å². The van der Waals surface area contributed by atoms with E-state index in [0.29, 0.717) is 37.6 Å². The van der Waals surface area contributed by atoms with Crippen LogP contribution in [0.25, 0.3) is 0 Å². The Kier molecular flexibility index (Phi) is 6.64. The number of aliphatic carboxylic acids is 1. The van der Waals surface area contributed by atoms with Gasteiger partial charge in [0.05, 0.1) is 12.5 Å². The second-order valence-corrected chi connectivity index (χ2v) is 6.53. The molecule has 0 spiro atoms. The van der Waals surface area contributed by atoms with Gasteiger partial charge in [0.1, 0.15) is 12.4 Å². The number of carboxylic acid groups (broad SMARTS) is 1. The van der Waals surface area contributed by atoms with Crippen molar-refractivity contribution in [1.82, 2.24) is 4.90 Å². The molecule has 0 aromatic heterocycles. The number of carbonyl (C=O) groups is 2. The van der Waals surface area contributed by atoms with Crippen molar-refractivity contribution in [1.29, 1.82) is 0 Å². The molecule has 2 atom stereocenters. The molecule has 7 nitrogen and oxygen atoms in total. The minimum Gasteiger partial charge on any atom is -0.491 e. The Labute approximate surface area is 147 Å². The molecule has 0 radical (unpaired) electrons. The van der Waals surface area contributed by atoms with Gasteiger partial charge in [-0.3, -0.25) is 4.79 Å². The summed E-state index contributed by atoms with van der Waals surface area (Å²) >= 11 is 0. The number of methoxy groups -OCH3 is 1. The summed E-state index contributed by atoms with van der Waals surface area (Å²) in [6, 6.07) is 5.16. The number of piperidine rings is 1. The zero-order valence-electron chi connectivity index (χ0n) is 14.9. The van der Waals surface area contributed by atoms with Crippen molar-refractivity contribution in [2.45, 2.75) is 20.3 Å². The van der Waals surface area contributed by atoms with Gasteiger partial charge in [0.2, 0.25) is 0 Å². The molecular formula is C18H26N2O5. The van der Waals surface area contributed by atoms with E-state index < -0.39 is 11.9 Å². The van der Waals surface area contributed by atoms with E-state index >= 15 is 0 Å². The number of nitrogens with zero attached hydrogens (tertiary/aromatic N) is 1. The number of nitrogens with one attached hydrogen (secondary N) is 1. The van der Waals surface area contributed by atoms with Gasteiger partial charge < -0.3 is 24.8 Å². The monoisotopic (exact) mass is 350 g/mol. The van der Waals surface area contributed by atoms with Crippen LogP contribution in [0.5, 0.6) is 5.75 Å². The lowest BCUT2D eigenvalue weighted by atomic mass is 9.91. The number of likely N-dealkylation sites (tertiary alicyclic amines) is 1. The SMILES string of the molecule is COCCOc1ccc(NC(=O)N2CC(C)CC(C(=O)O)C2)c(C)c1. The zero-order chi connectivity index (χ0) is 18.4. The number of anilines is 1. The molecule has 25 heavy (non-hydrogen) atoms. The molecule has 0 saturated carbocycles. The van der Waals surface area contributed by atoms with Crippen LogP contribution in [0.3, 0.4) is 0 Å². The lowest BCUT2D eigenvalue weighted by Gasteiger charge is -2.34. The lowest BCUT2D eigenvalue weighted by molar-refractivity contribution is -0.143. The van der Waals surface area contributed by atoms with E-state index in [2.05, 4.69) is 5.32 Å². The van der Waals surface area contributed by atoms with Crippen molar-refractivity contribution in [3.63, 3.8) is 0 Å². The van der Waals surface area contributed by atoms with Crippen LogP contribution >= 0.6 is 0 Å². The van der Waals surface area contributed by atoms with Gasteiger partial charge >= 0.3 is 12.0 Å². The second-order valence-electron chi connectivity index (χ2n) is 6.53. The number of carboxylic acids is 1. The third-order valence-corrected chi connectivity index (χ3v) is 4.29. The van der Waals surface area contributed by atoms with Crippen LogP contribution in [-0.4, -0.2) is 55.4 Å². The van der Waals surface area contributed by atoms with Gasteiger partial charge in [-0.05, 0) is 43.0 Å². The Morgan fingerprint density at radius 1 is 1.32 bits per heavy atom. The summed E-state index contributed by atoms with van der Waals surface area (Å²) in [4.78, 5) is 25.3. The molecule has 2 unspecified atom stereocenters. The van der Waals surface area contributed by atoms with Gasteiger partial charge in [-0.1, -0.05) is 6.92 Å². The quantitative estimate of drug-likeness (QED) is 0.770. The molecule has 1 aromatic rings. The Bertz CT molecular complexity index is 619. The summed E-state index contributed by atoms with van der Waals surface area (Å²) in [5.41, 5.74) is 1.57. The molecule has 1 aliphatic rings. The maximum absolute atomic E-state index is 12.5. The van der Waals surface area contributed by atoms with E-state index in [1.165, 1.54) is 0 Å². The summed E-state index contributed by atoms with van der Waals surface area (Å²) in [6.07, 6.45) is 0.603. The average molecular weight is 350 g/mol. The number of aryl methyl sites for hydroxylation is 1. The fraction of sp³-hybridized carbons (Fsp3) is 0.556. The van der Waals surface area contributed by atoms with Gasteiger partial charge in [0, 0.05) is 25.9 Å². The molecule has 2 N–H and O–H groups in total. The van der Waals surface area contributed by atoms with E-state index in [9.17, 15) is 14.7 Å². The number of benzene rings is 1. The molecule has 2 amide bonds. The summed E-state index contributed by atoms with van der Waals surface area (Å²) in [6.45, 7) is 5.62. The molecule has 1 fully saturated rings. The predicted octanol–water partition coefficient (Wildman–Crippen LogP) is 2.59. The summed E-state index contributed by atoms with van der Waals surface area (Å²) in [5, 5.41) is 12.1. The van der Waals surface area contributed by atoms with E-state index in [1.54, 1.807) is 24.1 Å². The van der Waals surface area contributed by atoms with Crippen molar-refractivity contribution in [2.75, 3.05) is 38.7 Å². The van der Waals surface area contributed by atoms with Crippen LogP contribution < -0.4 is 10.1 Å². The third-order valence-electron chi connectivity index (χ3n) is 4.29. The largest absolute Gasteiger partial charge is 0.491 e. The van der Waals surface area contributed by atoms with Gasteiger partial charge in [-0.2, -0.15) is 0 Å². The van der Waals surface area contributed by atoms with Crippen LogP contribution in [0.4, 0.5) is 10.5 Å². The van der Waals surface area contributed by atoms with Crippen molar-refractivity contribution < 1.29 is 24.2 Å². The summed E-state index contributed by atoms with van der Waals surface area (Å²) in [7, 11) is 1.61. The normalized spacial score (nSPS) is 20.2. The molecular weight excluding hydrogens is 324 g/mol. The highest BCUT2D eigenvalue weighted by Gasteiger charge is 2.32. The van der Waals surface area contributed by atoms with Crippen molar-refractivity contribution >= 4 is 17.7 Å². The van der Waals surface area contributed by atoms with Crippen molar-refractivity contribution in [3.05, 3.63) is 23.8 Å². The minimum absolute atomic E-state index is 0.165. The number of rotatable bonds is 6.